The lowest BCUT2D eigenvalue weighted by molar-refractivity contribution is -0.136. The van der Waals surface area contributed by atoms with Crippen LogP contribution in [0, 0.1) is 23.3 Å². The molecule has 1 fully saturated rings. The predicted molar refractivity (Wildman–Crippen MR) is 106 cm³/mol. The van der Waals surface area contributed by atoms with Gasteiger partial charge in [0.15, 0.2) is 17.5 Å². The molecule has 1 saturated heterocycles. The van der Waals surface area contributed by atoms with Crippen molar-refractivity contribution in [2.24, 2.45) is 0 Å². The molecule has 12 heteroatoms. The van der Waals surface area contributed by atoms with Gasteiger partial charge in [-0.1, -0.05) is 0 Å². The SMILES string of the molecule is CN(CC(=O)Nc1ccc(F)c(F)c1F)C(=O)[C@H]1CCCN1S(=O)(=O)c1ccc(F)cc1. The molecule has 0 saturated carbocycles. The Balaban J connectivity index is 1.70. The number of hydrogen-bond acceptors (Lipinski definition) is 4. The third kappa shape index (κ3) is 4.75. The number of hydrogen-bond donors (Lipinski definition) is 1. The van der Waals surface area contributed by atoms with E-state index in [1.54, 1.807) is 0 Å². The Morgan fingerprint density at radius 3 is 2.38 bits per heavy atom. The van der Waals surface area contributed by atoms with Gasteiger partial charge in [-0.2, -0.15) is 4.31 Å². The smallest absolute Gasteiger partial charge is 0.244 e. The number of anilines is 1. The molecular formula is C20H19F4N3O4S. The molecule has 2 aromatic carbocycles. The van der Waals surface area contributed by atoms with Crippen molar-refractivity contribution in [1.82, 2.24) is 9.21 Å². The van der Waals surface area contributed by atoms with Crippen molar-refractivity contribution in [2.75, 3.05) is 25.5 Å². The molecule has 1 atom stereocenters. The van der Waals surface area contributed by atoms with E-state index in [1.807, 2.05) is 5.32 Å². The summed E-state index contributed by atoms with van der Waals surface area (Å²) < 4.78 is 79.9. The first kappa shape index (κ1) is 23.7. The highest BCUT2D eigenvalue weighted by molar-refractivity contribution is 7.89. The monoisotopic (exact) mass is 473 g/mol. The minimum absolute atomic E-state index is 0.0657. The van der Waals surface area contributed by atoms with E-state index in [-0.39, 0.29) is 17.9 Å². The minimum atomic E-state index is -4.08. The predicted octanol–water partition coefficient (Wildman–Crippen LogP) is 2.49. The van der Waals surface area contributed by atoms with Gasteiger partial charge in [0.2, 0.25) is 21.8 Å². The number of carbonyl (C=O) groups excluding carboxylic acids is 2. The summed E-state index contributed by atoms with van der Waals surface area (Å²) in [6.07, 6.45) is 0.611. The molecule has 32 heavy (non-hydrogen) atoms. The molecule has 3 rings (SSSR count). The third-order valence-electron chi connectivity index (χ3n) is 4.98. The molecule has 1 aliphatic heterocycles. The van der Waals surface area contributed by atoms with Gasteiger partial charge in [-0.3, -0.25) is 9.59 Å². The molecule has 2 amide bonds. The standard InChI is InChI=1S/C20H19F4N3O4S/c1-26(11-17(28)25-15-9-8-14(22)18(23)19(15)24)20(29)16-3-2-10-27(16)32(30,31)13-6-4-12(21)5-7-13/h4-9,16H,2-3,10-11H2,1H3,(H,25,28)/t16-/m1/s1. The summed E-state index contributed by atoms with van der Waals surface area (Å²) in [6.45, 7) is -0.519. The molecular weight excluding hydrogens is 454 g/mol. The maximum absolute atomic E-state index is 13.7. The molecule has 1 N–H and O–H groups in total. The van der Waals surface area contributed by atoms with Crippen LogP contribution in [0.2, 0.25) is 0 Å². The lowest BCUT2D eigenvalue weighted by Gasteiger charge is -2.27. The highest BCUT2D eigenvalue weighted by atomic mass is 32.2. The quantitative estimate of drug-likeness (QED) is 0.516. The fourth-order valence-electron chi connectivity index (χ4n) is 3.38. The average molecular weight is 473 g/mol. The molecule has 0 bridgehead atoms. The molecule has 1 heterocycles. The normalized spacial score (nSPS) is 16.7. The van der Waals surface area contributed by atoms with Crippen LogP contribution in [0.5, 0.6) is 0 Å². The van der Waals surface area contributed by atoms with Crippen LogP contribution < -0.4 is 5.32 Å². The van der Waals surface area contributed by atoms with Crippen LogP contribution in [0.1, 0.15) is 12.8 Å². The van der Waals surface area contributed by atoms with E-state index in [2.05, 4.69) is 0 Å². The van der Waals surface area contributed by atoms with Crippen LogP contribution in [0.15, 0.2) is 41.3 Å². The highest BCUT2D eigenvalue weighted by Crippen LogP contribution is 2.27. The van der Waals surface area contributed by atoms with Crippen LogP contribution in [-0.4, -0.2) is 55.6 Å². The zero-order valence-corrected chi connectivity index (χ0v) is 17.6. The first-order valence-corrected chi connectivity index (χ1v) is 10.9. The summed E-state index contributed by atoms with van der Waals surface area (Å²) in [6, 6.07) is 4.57. The molecule has 7 nitrogen and oxygen atoms in total. The molecule has 2 aromatic rings. The molecule has 0 aliphatic carbocycles. The maximum atomic E-state index is 13.7. The van der Waals surface area contributed by atoms with Crippen LogP contribution in [0.25, 0.3) is 0 Å². The second-order valence-corrected chi connectivity index (χ2v) is 9.08. The fourth-order valence-corrected chi connectivity index (χ4v) is 5.03. The third-order valence-corrected chi connectivity index (χ3v) is 6.90. The summed E-state index contributed by atoms with van der Waals surface area (Å²) in [5.41, 5.74) is -0.601. The first-order chi connectivity index (χ1) is 15.0. The zero-order chi connectivity index (χ0) is 23.6. The van der Waals surface area contributed by atoms with Crippen LogP contribution in [0.4, 0.5) is 23.2 Å². The van der Waals surface area contributed by atoms with Gasteiger partial charge in [-0.25, -0.2) is 26.0 Å². The van der Waals surface area contributed by atoms with Crippen LogP contribution in [0.3, 0.4) is 0 Å². The van der Waals surface area contributed by atoms with Crippen molar-refractivity contribution >= 4 is 27.5 Å². The van der Waals surface area contributed by atoms with Gasteiger partial charge in [0.1, 0.15) is 11.9 Å². The molecule has 0 unspecified atom stereocenters. The van der Waals surface area contributed by atoms with E-state index in [9.17, 15) is 35.6 Å². The van der Waals surface area contributed by atoms with Crippen molar-refractivity contribution in [3.8, 4) is 0 Å². The van der Waals surface area contributed by atoms with E-state index in [0.717, 1.165) is 39.5 Å². The average Bonchev–Trinajstić information content (AvgIpc) is 3.24. The summed E-state index contributed by atoms with van der Waals surface area (Å²) in [5, 5.41) is 2.05. The second-order valence-electron chi connectivity index (χ2n) is 7.19. The lowest BCUT2D eigenvalue weighted by Crippen LogP contribution is -2.48. The Kier molecular flexibility index (Phi) is 6.84. The van der Waals surface area contributed by atoms with Gasteiger partial charge in [-0.05, 0) is 49.2 Å². The van der Waals surface area contributed by atoms with Crippen molar-refractivity contribution < 1.29 is 35.6 Å². The lowest BCUT2D eigenvalue weighted by atomic mass is 10.2. The van der Waals surface area contributed by atoms with Crippen molar-refractivity contribution in [2.45, 2.75) is 23.8 Å². The highest BCUT2D eigenvalue weighted by Gasteiger charge is 2.40. The number of halogens is 4. The Labute approximate surface area is 181 Å². The maximum Gasteiger partial charge on any atom is 0.244 e. The molecule has 1 aliphatic rings. The molecule has 0 radical (unpaired) electrons. The number of nitrogens with one attached hydrogen (secondary N) is 1. The van der Waals surface area contributed by atoms with E-state index < -0.39 is 63.4 Å². The first-order valence-electron chi connectivity index (χ1n) is 9.48. The van der Waals surface area contributed by atoms with Gasteiger partial charge in [0, 0.05) is 13.6 Å². The van der Waals surface area contributed by atoms with E-state index in [0.29, 0.717) is 12.5 Å². The van der Waals surface area contributed by atoms with Crippen molar-refractivity contribution in [3.05, 3.63) is 59.7 Å². The second kappa shape index (κ2) is 9.25. The van der Waals surface area contributed by atoms with Gasteiger partial charge in [0.25, 0.3) is 0 Å². The summed E-state index contributed by atoms with van der Waals surface area (Å²) in [7, 11) is -2.83. The topological polar surface area (TPSA) is 86.8 Å². The minimum Gasteiger partial charge on any atom is -0.335 e. The summed E-state index contributed by atoms with van der Waals surface area (Å²) in [4.78, 5) is 25.8. The fraction of sp³-hybridized carbons (Fsp3) is 0.300. The van der Waals surface area contributed by atoms with Gasteiger partial charge in [0.05, 0.1) is 17.1 Å². The number of rotatable bonds is 6. The van der Waals surface area contributed by atoms with E-state index >= 15 is 0 Å². The largest absolute Gasteiger partial charge is 0.335 e. The van der Waals surface area contributed by atoms with Crippen LogP contribution >= 0.6 is 0 Å². The van der Waals surface area contributed by atoms with Gasteiger partial charge in [-0.15, -0.1) is 0 Å². The molecule has 0 aromatic heterocycles. The number of carbonyl (C=O) groups is 2. The molecule has 0 spiro atoms. The number of sulfonamides is 1. The Hall–Kier alpha value is -2.99. The summed E-state index contributed by atoms with van der Waals surface area (Å²) in [5.74, 6) is -6.93. The number of amides is 2. The van der Waals surface area contributed by atoms with Gasteiger partial charge >= 0.3 is 0 Å². The van der Waals surface area contributed by atoms with E-state index in [4.69, 9.17) is 0 Å². The van der Waals surface area contributed by atoms with Gasteiger partial charge < -0.3 is 10.2 Å². The van der Waals surface area contributed by atoms with E-state index in [1.165, 1.54) is 7.05 Å². The number of nitrogens with zero attached hydrogens (tertiary/aromatic N) is 2. The number of likely N-dealkylation sites (N-methyl/N-ethyl adjacent to an activating group) is 1. The van der Waals surface area contributed by atoms with Crippen LogP contribution in [-0.2, 0) is 19.6 Å². The van der Waals surface area contributed by atoms with Crippen molar-refractivity contribution in [1.29, 1.82) is 0 Å². The Morgan fingerprint density at radius 1 is 1.06 bits per heavy atom. The molecule has 172 valence electrons. The Bertz CT molecular complexity index is 1140. The summed E-state index contributed by atoms with van der Waals surface area (Å²) >= 11 is 0. The Morgan fingerprint density at radius 2 is 1.72 bits per heavy atom. The zero-order valence-electron chi connectivity index (χ0n) is 16.8. The van der Waals surface area contributed by atoms with Crippen molar-refractivity contribution in [3.63, 3.8) is 0 Å². The number of benzene rings is 2.